The van der Waals surface area contributed by atoms with E-state index in [2.05, 4.69) is 10.6 Å². The smallest absolute Gasteiger partial charge is 0.352 e. The van der Waals surface area contributed by atoms with Crippen LogP contribution >= 0.6 is 0 Å². The van der Waals surface area contributed by atoms with Gasteiger partial charge in [0, 0.05) is 12.1 Å². The molecule has 128 valence electrons. The molecule has 6 heteroatoms. The molecule has 24 heavy (non-hydrogen) atoms. The van der Waals surface area contributed by atoms with Gasteiger partial charge in [-0.2, -0.15) is 13.2 Å². The van der Waals surface area contributed by atoms with Gasteiger partial charge in [-0.05, 0) is 49.3 Å². The lowest BCUT2D eigenvalue weighted by Crippen LogP contribution is -2.27. The molecule has 0 atom stereocenters. The van der Waals surface area contributed by atoms with Gasteiger partial charge in [0.05, 0.1) is 5.56 Å². The van der Waals surface area contributed by atoms with Crippen molar-refractivity contribution in [2.24, 2.45) is 0 Å². The summed E-state index contributed by atoms with van der Waals surface area (Å²) >= 11 is 0. The maximum absolute atomic E-state index is 12.7. The Morgan fingerprint density at radius 2 is 1.67 bits per heavy atom. The molecular weight excluding hydrogens is 317 g/mol. The number of benzene rings is 2. The first-order chi connectivity index (χ1) is 11.4. The number of halogens is 3. The fourth-order valence-electron chi connectivity index (χ4n) is 2.33. The van der Waals surface area contributed by atoms with E-state index < -0.39 is 11.7 Å². The molecule has 2 N–H and O–H groups in total. The predicted molar refractivity (Wildman–Crippen MR) is 87.8 cm³/mol. The van der Waals surface area contributed by atoms with E-state index in [9.17, 15) is 18.0 Å². The van der Waals surface area contributed by atoms with E-state index in [-0.39, 0.29) is 5.91 Å². The molecule has 2 aromatic rings. The van der Waals surface area contributed by atoms with Crippen LogP contribution in [0.2, 0.25) is 0 Å². The molecule has 0 heterocycles. The van der Waals surface area contributed by atoms with Crippen molar-refractivity contribution in [1.82, 2.24) is 10.6 Å². The largest absolute Gasteiger partial charge is 0.416 e. The minimum Gasteiger partial charge on any atom is -0.352 e. The second-order valence-corrected chi connectivity index (χ2v) is 5.33. The zero-order valence-corrected chi connectivity index (χ0v) is 13.3. The first kappa shape index (κ1) is 18.0. The summed E-state index contributed by atoms with van der Waals surface area (Å²) in [5.74, 6) is -0.235. The maximum atomic E-state index is 12.7. The highest BCUT2D eigenvalue weighted by Gasteiger charge is 2.30. The summed E-state index contributed by atoms with van der Waals surface area (Å²) in [6.07, 6.45) is -3.58. The summed E-state index contributed by atoms with van der Waals surface area (Å²) in [5.41, 5.74) is 0.920. The van der Waals surface area contributed by atoms with E-state index in [1.165, 1.54) is 12.1 Å². The topological polar surface area (TPSA) is 41.1 Å². The lowest BCUT2D eigenvalue weighted by Gasteiger charge is -2.12. The minimum atomic E-state index is -4.37. The average molecular weight is 336 g/mol. The van der Waals surface area contributed by atoms with Crippen LogP contribution < -0.4 is 10.6 Å². The first-order valence-electron chi connectivity index (χ1n) is 7.63. The Morgan fingerprint density at radius 3 is 2.29 bits per heavy atom. The average Bonchev–Trinajstić information content (AvgIpc) is 2.58. The Labute approximate surface area is 138 Å². The monoisotopic (exact) mass is 336 g/mol. The molecule has 0 aliphatic rings. The third-order valence-electron chi connectivity index (χ3n) is 3.58. The van der Waals surface area contributed by atoms with E-state index >= 15 is 0 Å². The summed E-state index contributed by atoms with van der Waals surface area (Å²) in [5, 5.41) is 5.81. The highest BCUT2D eigenvalue weighted by molar-refractivity contribution is 6.00. The number of alkyl halides is 3. The van der Waals surface area contributed by atoms with E-state index in [1.807, 2.05) is 7.05 Å². The molecule has 0 saturated heterocycles. The molecule has 2 aromatic carbocycles. The normalized spacial score (nSPS) is 11.3. The Bertz CT molecular complexity index is 681. The molecule has 0 fully saturated rings. The van der Waals surface area contributed by atoms with Gasteiger partial charge in [-0.25, -0.2) is 0 Å². The quantitative estimate of drug-likeness (QED) is 0.790. The number of carbonyl (C=O) groups excluding carboxylic acids is 1. The molecule has 3 nitrogen and oxygen atoms in total. The van der Waals surface area contributed by atoms with Gasteiger partial charge in [-0.3, -0.25) is 4.79 Å². The second-order valence-electron chi connectivity index (χ2n) is 5.33. The summed E-state index contributed by atoms with van der Waals surface area (Å²) in [6.45, 7) is 1.32. The summed E-state index contributed by atoms with van der Waals surface area (Å²) in [7, 11) is 1.84. The Balaban J connectivity index is 2.21. The summed E-state index contributed by atoms with van der Waals surface area (Å²) < 4.78 is 38.0. The number of amides is 1. The van der Waals surface area contributed by atoms with Crippen LogP contribution in [-0.4, -0.2) is 26.0 Å². The Morgan fingerprint density at radius 1 is 1.00 bits per heavy atom. The van der Waals surface area contributed by atoms with Gasteiger partial charge in [-0.1, -0.05) is 30.3 Å². The zero-order valence-electron chi connectivity index (χ0n) is 13.3. The van der Waals surface area contributed by atoms with E-state index in [0.29, 0.717) is 23.2 Å². The number of rotatable bonds is 6. The molecule has 0 aliphatic heterocycles. The zero-order chi connectivity index (χ0) is 17.6. The van der Waals surface area contributed by atoms with Crippen molar-refractivity contribution in [3.8, 4) is 11.1 Å². The molecule has 0 bridgehead atoms. The number of hydrogen-bond donors (Lipinski definition) is 2. The van der Waals surface area contributed by atoms with Crippen molar-refractivity contribution >= 4 is 5.91 Å². The molecular formula is C18H19F3N2O. The van der Waals surface area contributed by atoms with Gasteiger partial charge in [0.15, 0.2) is 0 Å². The van der Waals surface area contributed by atoms with Crippen LogP contribution in [0.25, 0.3) is 11.1 Å². The summed E-state index contributed by atoms with van der Waals surface area (Å²) in [6, 6.07) is 11.7. The summed E-state index contributed by atoms with van der Waals surface area (Å²) in [4.78, 5) is 12.3. The van der Waals surface area contributed by atoms with Crippen molar-refractivity contribution in [3.63, 3.8) is 0 Å². The molecule has 0 saturated carbocycles. The predicted octanol–water partition coefficient (Wildman–Crippen LogP) is 3.71. The fraction of sp³-hybridized carbons (Fsp3) is 0.278. The van der Waals surface area contributed by atoms with Crippen LogP contribution in [-0.2, 0) is 6.18 Å². The van der Waals surface area contributed by atoms with E-state index in [0.717, 1.165) is 25.1 Å². The van der Waals surface area contributed by atoms with Gasteiger partial charge < -0.3 is 10.6 Å². The number of nitrogens with one attached hydrogen (secondary N) is 2. The van der Waals surface area contributed by atoms with Gasteiger partial charge in [-0.15, -0.1) is 0 Å². The molecule has 0 spiro atoms. The maximum Gasteiger partial charge on any atom is 0.416 e. The highest BCUT2D eigenvalue weighted by Crippen LogP contribution is 2.31. The molecule has 1 amide bonds. The van der Waals surface area contributed by atoms with Crippen LogP contribution in [0, 0.1) is 0 Å². The van der Waals surface area contributed by atoms with Crippen molar-refractivity contribution in [2.75, 3.05) is 20.1 Å². The van der Waals surface area contributed by atoms with Gasteiger partial charge in [0.1, 0.15) is 0 Å². The van der Waals surface area contributed by atoms with Crippen LogP contribution in [0.4, 0.5) is 13.2 Å². The number of carbonyl (C=O) groups is 1. The molecule has 0 aromatic heterocycles. The molecule has 2 rings (SSSR count). The minimum absolute atomic E-state index is 0.235. The molecule has 0 aliphatic carbocycles. The van der Waals surface area contributed by atoms with Gasteiger partial charge in [0.25, 0.3) is 5.91 Å². The standard InChI is InChI=1S/C18H19F3N2O/c1-22-11-4-12-23-17(24)16-6-3-2-5-15(16)13-7-9-14(10-8-13)18(19,20)21/h2-3,5-10,22H,4,11-12H2,1H3,(H,23,24). The van der Waals surface area contributed by atoms with E-state index in [1.54, 1.807) is 24.3 Å². The van der Waals surface area contributed by atoms with E-state index in [4.69, 9.17) is 0 Å². The fourth-order valence-corrected chi connectivity index (χ4v) is 2.33. The second kappa shape index (κ2) is 7.97. The molecule has 0 radical (unpaired) electrons. The van der Waals surface area contributed by atoms with Gasteiger partial charge >= 0.3 is 6.18 Å². The molecule has 0 unspecified atom stereocenters. The van der Waals surface area contributed by atoms with Crippen molar-refractivity contribution in [3.05, 3.63) is 59.7 Å². The van der Waals surface area contributed by atoms with Crippen LogP contribution in [0.1, 0.15) is 22.3 Å². The highest BCUT2D eigenvalue weighted by atomic mass is 19.4. The lowest BCUT2D eigenvalue weighted by molar-refractivity contribution is -0.137. The SMILES string of the molecule is CNCCCNC(=O)c1ccccc1-c1ccc(C(F)(F)F)cc1. The van der Waals surface area contributed by atoms with Gasteiger partial charge in [0.2, 0.25) is 0 Å². The van der Waals surface area contributed by atoms with Crippen LogP contribution in [0.3, 0.4) is 0 Å². The third-order valence-corrected chi connectivity index (χ3v) is 3.58. The Kier molecular flexibility index (Phi) is 5.98. The van der Waals surface area contributed by atoms with Crippen molar-refractivity contribution < 1.29 is 18.0 Å². The number of hydrogen-bond acceptors (Lipinski definition) is 2. The lowest BCUT2D eigenvalue weighted by atomic mass is 9.98. The third kappa shape index (κ3) is 4.58. The van der Waals surface area contributed by atoms with Crippen LogP contribution in [0.5, 0.6) is 0 Å². The van der Waals surface area contributed by atoms with Crippen molar-refractivity contribution in [2.45, 2.75) is 12.6 Å². The Hall–Kier alpha value is -2.34. The van der Waals surface area contributed by atoms with Crippen LogP contribution in [0.15, 0.2) is 48.5 Å². The van der Waals surface area contributed by atoms with Crippen molar-refractivity contribution in [1.29, 1.82) is 0 Å². The first-order valence-corrected chi connectivity index (χ1v) is 7.63.